The van der Waals surface area contributed by atoms with Crippen LogP contribution in [0, 0.1) is 0 Å². The van der Waals surface area contributed by atoms with Gasteiger partial charge in [0, 0.05) is 0 Å². The topological polar surface area (TPSA) is 66.4 Å². The summed E-state index contributed by atoms with van der Waals surface area (Å²) in [6, 6.07) is 16.5. The maximum Gasteiger partial charge on any atom is 0.357 e. The van der Waals surface area contributed by atoms with Crippen LogP contribution >= 0.6 is 0 Å². The van der Waals surface area contributed by atoms with E-state index in [1.54, 1.807) is 24.3 Å². The third-order valence-corrected chi connectivity index (χ3v) is 2.73. The molecule has 0 amide bonds. The molecule has 0 fully saturated rings. The first-order chi connectivity index (χ1) is 8.04. The maximum absolute atomic E-state index is 10.6. The zero-order chi connectivity index (χ0) is 12.3. The van der Waals surface area contributed by atoms with E-state index in [2.05, 4.69) is 0 Å². The summed E-state index contributed by atoms with van der Waals surface area (Å²) in [7, 11) is -4.20. The van der Waals surface area contributed by atoms with E-state index in [1.807, 2.05) is 35.1 Å². The molecule has 0 aliphatic rings. The zero-order valence-electron chi connectivity index (χ0n) is 8.87. The number of hydrogen-bond acceptors (Lipinski definition) is 2. The second-order valence-electron chi connectivity index (χ2n) is 3.52. The molecule has 2 aromatic carbocycles. The van der Waals surface area contributed by atoms with Gasteiger partial charge >= 0.3 is 10.3 Å². The van der Waals surface area contributed by atoms with Gasteiger partial charge in [0.15, 0.2) is 0 Å². The minimum Gasteiger partial charge on any atom is -0.269 e. The Hall–Kier alpha value is -1.85. The Bertz CT molecular complexity index is 591. The lowest BCUT2D eigenvalue weighted by Gasteiger charge is -2.04. The molecule has 2 N–H and O–H groups in total. The fourth-order valence-corrected chi connectivity index (χ4v) is 1.94. The molecule has 0 bridgehead atoms. The second kappa shape index (κ2) is 4.57. The zero-order valence-corrected chi connectivity index (χ0v) is 9.68. The minimum absolute atomic E-state index is 0.326. The summed E-state index contributed by atoms with van der Waals surface area (Å²) >= 11 is 0. The van der Waals surface area contributed by atoms with E-state index in [1.165, 1.54) is 0 Å². The van der Waals surface area contributed by atoms with Crippen LogP contribution in [-0.4, -0.2) is 13.0 Å². The van der Waals surface area contributed by atoms with E-state index in [9.17, 15) is 8.42 Å². The van der Waals surface area contributed by atoms with E-state index in [4.69, 9.17) is 4.55 Å². The van der Waals surface area contributed by atoms with Gasteiger partial charge in [0.1, 0.15) is 0 Å². The van der Waals surface area contributed by atoms with Gasteiger partial charge in [0.25, 0.3) is 0 Å². The molecular weight excluding hydrogens is 238 g/mol. The average molecular weight is 249 g/mol. The van der Waals surface area contributed by atoms with Gasteiger partial charge in [-0.2, -0.15) is 8.42 Å². The molecule has 0 aliphatic carbocycles. The van der Waals surface area contributed by atoms with Crippen molar-refractivity contribution in [3.05, 3.63) is 54.6 Å². The first-order valence-corrected chi connectivity index (χ1v) is 6.39. The lowest BCUT2D eigenvalue weighted by Crippen LogP contribution is -2.09. The highest BCUT2D eigenvalue weighted by molar-refractivity contribution is 7.87. The molecule has 0 atom stereocenters. The van der Waals surface area contributed by atoms with Crippen LogP contribution in [0.1, 0.15) is 0 Å². The van der Waals surface area contributed by atoms with Gasteiger partial charge < -0.3 is 0 Å². The Kier molecular flexibility index (Phi) is 3.12. The largest absolute Gasteiger partial charge is 0.357 e. The van der Waals surface area contributed by atoms with Crippen molar-refractivity contribution in [1.82, 2.24) is 0 Å². The van der Waals surface area contributed by atoms with Gasteiger partial charge in [-0.15, -0.1) is 0 Å². The normalized spacial score (nSPS) is 11.1. The lowest BCUT2D eigenvalue weighted by atomic mass is 10.1. The summed E-state index contributed by atoms with van der Waals surface area (Å²) in [6.45, 7) is 0. The van der Waals surface area contributed by atoms with Crippen molar-refractivity contribution < 1.29 is 13.0 Å². The molecule has 0 heterocycles. The van der Waals surface area contributed by atoms with Crippen molar-refractivity contribution >= 4 is 16.0 Å². The summed E-state index contributed by atoms with van der Waals surface area (Å²) in [6.07, 6.45) is 0. The van der Waals surface area contributed by atoms with Gasteiger partial charge in [0.05, 0.1) is 5.69 Å². The number of rotatable bonds is 3. The van der Waals surface area contributed by atoms with Crippen molar-refractivity contribution in [2.75, 3.05) is 4.72 Å². The van der Waals surface area contributed by atoms with Crippen LogP contribution < -0.4 is 4.72 Å². The van der Waals surface area contributed by atoms with Gasteiger partial charge in [0.2, 0.25) is 0 Å². The van der Waals surface area contributed by atoms with Gasteiger partial charge in [-0.25, -0.2) is 0 Å². The van der Waals surface area contributed by atoms with Crippen molar-refractivity contribution in [1.29, 1.82) is 0 Å². The van der Waals surface area contributed by atoms with Crippen LogP contribution in [0.25, 0.3) is 11.1 Å². The van der Waals surface area contributed by atoms with Crippen molar-refractivity contribution in [3.63, 3.8) is 0 Å². The van der Waals surface area contributed by atoms with Crippen molar-refractivity contribution in [2.24, 2.45) is 0 Å². The molecule has 0 aliphatic heterocycles. The number of nitrogens with one attached hydrogen (secondary N) is 1. The van der Waals surface area contributed by atoms with E-state index < -0.39 is 10.3 Å². The van der Waals surface area contributed by atoms with Crippen LogP contribution in [-0.2, 0) is 10.3 Å². The van der Waals surface area contributed by atoms with Crippen LogP contribution in [0.15, 0.2) is 54.6 Å². The molecule has 0 saturated carbocycles. The first-order valence-electron chi connectivity index (χ1n) is 4.95. The Balaban J connectivity index is 2.25. The molecule has 0 saturated heterocycles. The molecule has 0 spiro atoms. The molecule has 2 rings (SSSR count). The van der Waals surface area contributed by atoms with E-state index >= 15 is 0 Å². The van der Waals surface area contributed by atoms with Gasteiger partial charge in [-0.05, 0) is 23.3 Å². The Morgan fingerprint density at radius 2 is 1.35 bits per heavy atom. The van der Waals surface area contributed by atoms with Crippen LogP contribution in [0.3, 0.4) is 0 Å². The third-order valence-electron chi connectivity index (χ3n) is 2.24. The summed E-state index contributed by atoms with van der Waals surface area (Å²) in [4.78, 5) is 0. The molecule has 5 heteroatoms. The van der Waals surface area contributed by atoms with E-state index in [0.29, 0.717) is 5.69 Å². The van der Waals surface area contributed by atoms with Crippen molar-refractivity contribution in [2.45, 2.75) is 0 Å². The first kappa shape index (κ1) is 11.6. The third kappa shape index (κ3) is 3.30. The SMILES string of the molecule is O=S(=O)(O)Nc1ccc(-c2ccccc2)cc1. The summed E-state index contributed by atoms with van der Waals surface area (Å²) in [5.41, 5.74) is 2.35. The molecule has 88 valence electrons. The number of anilines is 1. The molecular formula is C12H11NO3S. The molecule has 17 heavy (non-hydrogen) atoms. The molecule has 2 aromatic rings. The smallest absolute Gasteiger partial charge is 0.269 e. The summed E-state index contributed by atoms with van der Waals surface area (Å²) < 4.78 is 31.8. The van der Waals surface area contributed by atoms with Crippen molar-refractivity contribution in [3.8, 4) is 11.1 Å². The van der Waals surface area contributed by atoms with Crippen LogP contribution in [0.2, 0.25) is 0 Å². The van der Waals surface area contributed by atoms with E-state index in [-0.39, 0.29) is 0 Å². The maximum atomic E-state index is 10.6. The van der Waals surface area contributed by atoms with E-state index in [0.717, 1.165) is 11.1 Å². The quantitative estimate of drug-likeness (QED) is 0.821. The van der Waals surface area contributed by atoms with Gasteiger partial charge in [-0.3, -0.25) is 9.27 Å². The fourth-order valence-electron chi connectivity index (χ4n) is 1.51. The number of benzene rings is 2. The van der Waals surface area contributed by atoms with Gasteiger partial charge in [-0.1, -0.05) is 42.5 Å². The Labute approximate surface area is 99.8 Å². The Morgan fingerprint density at radius 3 is 1.88 bits per heavy atom. The minimum atomic E-state index is -4.20. The molecule has 0 radical (unpaired) electrons. The van der Waals surface area contributed by atoms with Crippen LogP contribution in [0.4, 0.5) is 5.69 Å². The average Bonchev–Trinajstić information content (AvgIpc) is 2.29. The molecule has 0 unspecified atom stereocenters. The highest BCUT2D eigenvalue weighted by atomic mass is 32.2. The predicted molar refractivity (Wildman–Crippen MR) is 67.0 cm³/mol. The molecule has 0 aromatic heterocycles. The summed E-state index contributed by atoms with van der Waals surface area (Å²) in [5, 5.41) is 0. The molecule has 4 nitrogen and oxygen atoms in total. The van der Waals surface area contributed by atoms with Crippen LogP contribution in [0.5, 0.6) is 0 Å². The second-order valence-corrected chi connectivity index (χ2v) is 4.67. The summed E-state index contributed by atoms with van der Waals surface area (Å²) in [5.74, 6) is 0. The highest BCUT2D eigenvalue weighted by Gasteiger charge is 2.03. The fraction of sp³-hybridized carbons (Fsp3) is 0. The predicted octanol–water partition coefficient (Wildman–Crippen LogP) is 2.57. The standard InChI is InChI=1S/C12H11NO3S/c14-17(15,16)13-12-8-6-11(7-9-12)10-4-2-1-3-5-10/h1-9,13H,(H,14,15,16). The lowest BCUT2D eigenvalue weighted by molar-refractivity contribution is 0.490. The highest BCUT2D eigenvalue weighted by Crippen LogP contribution is 2.21. The number of hydrogen-bond donors (Lipinski definition) is 2. The Morgan fingerprint density at radius 1 is 0.824 bits per heavy atom. The monoisotopic (exact) mass is 249 g/mol.